The molecule has 0 unspecified atom stereocenters. The third kappa shape index (κ3) is 2.48. The molecule has 24 heavy (non-hydrogen) atoms. The molecular weight excluding hydrogens is 302 g/mol. The van der Waals surface area contributed by atoms with Crippen LogP contribution in [0.15, 0.2) is 48.7 Å². The van der Waals surface area contributed by atoms with Crippen LogP contribution in [0.25, 0.3) is 11.0 Å². The number of fused-ring (bicyclic) bond motifs is 2. The molecule has 0 spiro atoms. The molecule has 4 rings (SSSR count). The monoisotopic (exact) mass is 319 g/mol. The van der Waals surface area contributed by atoms with E-state index in [0.717, 1.165) is 28.7 Å². The average Bonchev–Trinajstić information content (AvgIpc) is 2.65. The number of carbonyl (C=O) groups excluding carboxylic acids is 1. The zero-order valence-electron chi connectivity index (χ0n) is 13.4. The van der Waals surface area contributed by atoms with Crippen LogP contribution in [0.5, 0.6) is 5.75 Å². The van der Waals surface area contributed by atoms with Gasteiger partial charge in [0.25, 0.3) is 5.91 Å². The van der Waals surface area contributed by atoms with E-state index < -0.39 is 0 Å². The highest BCUT2D eigenvalue weighted by molar-refractivity contribution is 5.97. The molecule has 3 aromatic rings. The summed E-state index contributed by atoms with van der Waals surface area (Å²) in [6, 6.07) is 13.3. The number of amides is 1. The van der Waals surface area contributed by atoms with Crippen LogP contribution in [0, 0.1) is 0 Å². The normalized spacial score (nSPS) is 13.6. The summed E-state index contributed by atoms with van der Waals surface area (Å²) in [5, 5.41) is 1.00. The molecule has 3 heterocycles. The van der Waals surface area contributed by atoms with Gasteiger partial charge < -0.3 is 9.64 Å². The molecule has 5 nitrogen and oxygen atoms in total. The van der Waals surface area contributed by atoms with Gasteiger partial charge in [0.15, 0.2) is 5.65 Å². The van der Waals surface area contributed by atoms with Crippen molar-refractivity contribution in [3.63, 3.8) is 0 Å². The van der Waals surface area contributed by atoms with Crippen molar-refractivity contribution >= 4 is 16.9 Å². The number of ether oxygens (including phenoxy) is 1. The summed E-state index contributed by atoms with van der Waals surface area (Å²) in [5.41, 5.74) is 3.48. The van der Waals surface area contributed by atoms with Crippen LogP contribution in [0.2, 0.25) is 0 Å². The first kappa shape index (κ1) is 14.6. The Labute approximate surface area is 139 Å². The lowest BCUT2D eigenvalue weighted by atomic mass is 10.0. The van der Waals surface area contributed by atoms with Gasteiger partial charge in [-0.05, 0) is 35.9 Å². The van der Waals surface area contributed by atoms with Crippen molar-refractivity contribution < 1.29 is 9.53 Å². The quantitative estimate of drug-likeness (QED) is 0.729. The van der Waals surface area contributed by atoms with E-state index in [9.17, 15) is 4.79 Å². The Kier molecular flexibility index (Phi) is 3.61. The summed E-state index contributed by atoms with van der Waals surface area (Å²) in [5.74, 6) is 0.596. The SMILES string of the molecule is COc1ccccc1C(=O)N1CCc2nc3ncccc3cc2C1. The van der Waals surface area contributed by atoms with Gasteiger partial charge in [-0.2, -0.15) is 0 Å². The molecule has 1 aliphatic heterocycles. The fourth-order valence-corrected chi connectivity index (χ4v) is 3.13. The maximum atomic E-state index is 12.9. The van der Waals surface area contributed by atoms with E-state index in [0.29, 0.717) is 24.4 Å². The highest BCUT2D eigenvalue weighted by atomic mass is 16.5. The van der Waals surface area contributed by atoms with Gasteiger partial charge in [-0.25, -0.2) is 9.97 Å². The van der Waals surface area contributed by atoms with Crippen LogP contribution in [0.1, 0.15) is 21.6 Å². The molecule has 0 aliphatic carbocycles. The smallest absolute Gasteiger partial charge is 0.257 e. The molecule has 0 N–H and O–H groups in total. The van der Waals surface area contributed by atoms with Crippen LogP contribution in [0.4, 0.5) is 0 Å². The summed E-state index contributed by atoms with van der Waals surface area (Å²) in [6.07, 6.45) is 2.49. The lowest BCUT2D eigenvalue weighted by Gasteiger charge is -2.29. The van der Waals surface area contributed by atoms with Crippen molar-refractivity contribution in [3.8, 4) is 5.75 Å². The standard InChI is InChI=1S/C19H17N3O2/c1-24-17-7-3-2-6-15(17)19(23)22-10-8-16-14(12-22)11-13-5-4-9-20-18(13)21-16/h2-7,9,11H,8,10,12H2,1H3. The van der Waals surface area contributed by atoms with Crippen molar-refractivity contribution in [2.45, 2.75) is 13.0 Å². The van der Waals surface area contributed by atoms with E-state index in [-0.39, 0.29) is 5.91 Å². The Morgan fingerprint density at radius 2 is 2.08 bits per heavy atom. The topological polar surface area (TPSA) is 55.3 Å². The van der Waals surface area contributed by atoms with Crippen molar-refractivity contribution in [1.82, 2.24) is 14.9 Å². The summed E-state index contributed by atoms with van der Waals surface area (Å²) in [4.78, 5) is 23.7. The van der Waals surface area contributed by atoms with Crippen LogP contribution in [-0.4, -0.2) is 34.4 Å². The first-order chi connectivity index (χ1) is 11.8. The number of benzene rings is 1. The summed E-state index contributed by atoms with van der Waals surface area (Å²) in [7, 11) is 1.58. The Hall–Kier alpha value is -2.95. The predicted octanol–water partition coefficient (Wildman–Crippen LogP) is 2.84. The van der Waals surface area contributed by atoms with E-state index in [1.54, 1.807) is 19.4 Å². The number of methoxy groups -OCH3 is 1. The number of para-hydroxylation sites is 1. The highest BCUT2D eigenvalue weighted by Crippen LogP contribution is 2.25. The van der Waals surface area contributed by atoms with E-state index in [4.69, 9.17) is 4.74 Å². The van der Waals surface area contributed by atoms with E-state index in [1.807, 2.05) is 35.2 Å². The second kappa shape index (κ2) is 5.92. The molecule has 0 bridgehead atoms. The van der Waals surface area contributed by atoms with Gasteiger partial charge in [-0.15, -0.1) is 0 Å². The molecule has 0 atom stereocenters. The molecule has 1 aliphatic rings. The molecule has 1 aromatic carbocycles. The van der Waals surface area contributed by atoms with Gasteiger partial charge in [0.1, 0.15) is 5.75 Å². The van der Waals surface area contributed by atoms with Gasteiger partial charge >= 0.3 is 0 Å². The zero-order chi connectivity index (χ0) is 16.5. The van der Waals surface area contributed by atoms with Crippen LogP contribution >= 0.6 is 0 Å². The number of carbonyl (C=O) groups is 1. The second-order valence-electron chi connectivity index (χ2n) is 5.82. The third-order valence-electron chi connectivity index (χ3n) is 4.36. The second-order valence-corrected chi connectivity index (χ2v) is 5.82. The molecule has 2 aromatic heterocycles. The van der Waals surface area contributed by atoms with E-state index in [2.05, 4.69) is 16.0 Å². The van der Waals surface area contributed by atoms with Crippen LogP contribution < -0.4 is 4.74 Å². The average molecular weight is 319 g/mol. The van der Waals surface area contributed by atoms with Crippen molar-refractivity contribution in [2.75, 3.05) is 13.7 Å². The zero-order valence-corrected chi connectivity index (χ0v) is 13.4. The molecule has 5 heteroatoms. The molecule has 0 fully saturated rings. The molecule has 1 amide bonds. The third-order valence-corrected chi connectivity index (χ3v) is 4.36. The maximum Gasteiger partial charge on any atom is 0.257 e. The maximum absolute atomic E-state index is 12.9. The summed E-state index contributed by atoms with van der Waals surface area (Å²) in [6.45, 7) is 1.21. The predicted molar refractivity (Wildman–Crippen MR) is 91.0 cm³/mol. The highest BCUT2D eigenvalue weighted by Gasteiger charge is 2.25. The minimum absolute atomic E-state index is 0.00983. The molecule has 0 radical (unpaired) electrons. The van der Waals surface area contributed by atoms with E-state index in [1.165, 1.54) is 0 Å². The lowest BCUT2D eigenvalue weighted by molar-refractivity contribution is 0.0730. The summed E-state index contributed by atoms with van der Waals surface area (Å²) >= 11 is 0. The molecule has 0 saturated carbocycles. The van der Waals surface area contributed by atoms with E-state index >= 15 is 0 Å². The van der Waals surface area contributed by atoms with Gasteiger partial charge in [0.05, 0.1) is 12.7 Å². The van der Waals surface area contributed by atoms with Crippen molar-refractivity contribution in [3.05, 3.63) is 65.5 Å². The van der Waals surface area contributed by atoms with Gasteiger partial charge in [-0.1, -0.05) is 12.1 Å². The first-order valence-electron chi connectivity index (χ1n) is 7.92. The Bertz CT molecular complexity index is 923. The van der Waals surface area contributed by atoms with Crippen LogP contribution in [-0.2, 0) is 13.0 Å². The van der Waals surface area contributed by atoms with Crippen molar-refractivity contribution in [1.29, 1.82) is 0 Å². The number of rotatable bonds is 2. The van der Waals surface area contributed by atoms with Gasteiger partial charge in [0.2, 0.25) is 0 Å². The largest absolute Gasteiger partial charge is 0.496 e. The van der Waals surface area contributed by atoms with Gasteiger partial charge in [-0.3, -0.25) is 4.79 Å². The number of hydrogen-bond acceptors (Lipinski definition) is 4. The first-order valence-corrected chi connectivity index (χ1v) is 7.92. The fraction of sp³-hybridized carbons (Fsp3) is 0.211. The fourth-order valence-electron chi connectivity index (χ4n) is 3.13. The molecule has 0 saturated heterocycles. The minimum Gasteiger partial charge on any atom is -0.496 e. The Morgan fingerprint density at radius 3 is 2.96 bits per heavy atom. The Morgan fingerprint density at radius 1 is 1.21 bits per heavy atom. The number of hydrogen-bond donors (Lipinski definition) is 0. The Balaban J connectivity index is 1.66. The molecule has 120 valence electrons. The molecular formula is C19H17N3O2. The van der Waals surface area contributed by atoms with Crippen molar-refractivity contribution in [2.24, 2.45) is 0 Å². The van der Waals surface area contributed by atoms with Crippen LogP contribution in [0.3, 0.4) is 0 Å². The number of pyridine rings is 2. The summed E-state index contributed by atoms with van der Waals surface area (Å²) < 4.78 is 5.32. The lowest BCUT2D eigenvalue weighted by Crippen LogP contribution is -2.36. The number of nitrogens with zero attached hydrogens (tertiary/aromatic N) is 3. The van der Waals surface area contributed by atoms with Gasteiger partial charge in [0, 0.05) is 36.8 Å². The number of aromatic nitrogens is 2. The minimum atomic E-state index is -0.00983.